The van der Waals surface area contributed by atoms with Gasteiger partial charge in [0.15, 0.2) is 0 Å². The van der Waals surface area contributed by atoms with E-state index in [0.717, 1.165) is 74.7 Å². The van der Waals surface area contributed by atoms with Gasteiger partial charge in [-0.2, -0.15) is 0 Å². The van der Waals surface area contributed by atoms with E-state index in [1.807, 2.05) is 29.2 Å². The first-order valence-corrected chi connectivity index (χ1v) is 11.2. The minimum Gasteiger partial charge on any atom is -0.464 e. The fraction of sp³-hybridized carbons (Fsp3) is 0.500. The summed E-state index contributed by atoms with van der Waals surface area (Å²) in [4.78, 5) is 21.5. The van der Waals surface area contributed by atoms with Crippen LogP contribution in [-0.2, 0) is 11.3 Å². The molecule has 1 unspecified atom stereocenters. The van der Waals surface area contributed by atoms with Crippen molar-refractivity contribution in [1.82, 2.24) is 20.1 Å². The number of carbonyl (C=O) groups is 1. The van der Waals surface area contributed by atoms with Gasteiger partial charge in [-0.05, 0) is 63.3 Å². The van der Waals surface area contributed by atoms with Crippen LogP contribution in [0.4, 0.5) is 0 Å². The molecule has 4 heterocycles. The summed E-state index contributed by atoms with van der Waals surface area (Å²) >= 11 is 0. The lowest BCUT2D eigenvalue weighted by Gasteiger charge is -2.34. The van der Waals surface area contributed by atoms with Crippen molar-refractivity contribution in [2.75, 3.05) is 46.3 Å². The zero-order chi connectivity index (χ0) is 21.2. The van der Waals surface area contributed by atoms with Gasteiger partial charge in [-0.3, -0.25) is 9.78 Å². The fourth-order valence-electron chi connectivity index (χ4n) is 4.53. The van der Waals surface area contributed by atoms with Crippen LogP contribution in [0.5, 0.6) is 5.75 Å². The van der Waals surface area contributed by atoms with Crippen molar-refractivity contribution in [1.29, 1.82) is 0 Å². The number of piperazine rings is 1. The number of benzene rings is 1. The van der Waals surface area contributed by atoms with Crippen LogP contribution >= 0.6 is 0 Å². The Morgan fingerprint density at radius 1 is 1.10 bits per heavy atom. The van der Waals surface area contributed by atoms with Crippen LogP contribution in [0.15, 0.2) is 36.5 Å². The van der Waals surface area contributed by atoms with Crippen molar-refractivity contribution in [3.05, 3.63) is 47.7 Å². The van der Waals surface area contributed by atoms with Crippen LogP contribution in [0.3, 0.4) is 0 Å². The first kappa shape index (κ1) is 20.4. The Morgan fingerprint density at radius 2 is 1.90 bits per heavy atom. The maximum atomic E-state index is 12.7. The molecule has 31 heavy (non-hydrogen) atoms. The lowest BCUT2D eigenvalue weighted by Crippen LogP contribution is -2.47. The predicted octanol–water partition coefficient (Wildman–Crippen LogP) is 2.37. The van der Waals surface area contributed by atoms with Crippen LogP contribution in [0, 0.1) is 5.92 Å². The molecule has 2 saturated heterocycles. The second kappa shape index (κ2) is 8.94. The summed E-state index contributed by atoms with van der Waals surface area (Å²) < 4.78 is 12.2. The zero-order valence-electron chi connectivity index (χ0n) is 18.0. The molecule has 0 radical (unpaired) electrons. The van der Waals surface area contributed by atoms with Crippen molar-refractivity contribution in [3.63, 3.8) is 0 Å². The van der Waals surface area contributed by atoms with Gasteiger partial charge in [-0.15, -0.1) is 0 Å². The quantitative estimate of drug-likeness (QED) is 0.819. The number of aromatic nitrogens is 1. The second-order valence-electron chi connectivity index (χ2n) is 8.73. The van der Waals surface area contributed by atoms with E-state index in [-0.39, 0.29) is 12.2 Å². The molecule has 1 amide bonds. The van der Waals surface area contributed by atoms with Gasteiger partial charge in [-0.25, -0.2) is 0 Å². The monoisotopic (exact) mass is 422 g/mol. The average molecular weight is 423 g/mol. The van der Waals surface area contributed by atoms with Gasteiger partial charge in [-0.1, -0.05) is 0 Å². The molecule has 0 bridgehead atoms. The number of piperidine rings is 1. The molecular weight excluding hydrogens is 392 g/mol. The molecule has 164 valence electrons. The minimum absolute atomic E-state index is 0.0587. The number of hydrogen-bond donors (Lipinski definition) is 1. The second-order valence-corrected chi connectivity index (χ2v) is 8.73. The number of pyridine rings is 1. The highest BCUT2D eigenvalue weighted by molar-refractivity contribution is 5.94. The highest BCUT2D eigenvalue weighted by Gasteiger charge is 2.30. The van der Waals surface area contributed by atoms with Crippen LogP contribution in [0.1, 0.15) is 28.8 Å². The minimum atomic E-state index is -0.154. The number of ether oxygens (including phenoxy) is 2. The van der Waals surface area contributed by atoms with Crippen molar-refractivity contribution in [2.24, 2.45) is 5.92 Å². The number of hydrogen-bond acceptors (Lipinski definition) is 6. The predicted molar refractivity (Wildman–Crippen MR) is 118 cm³/mol. The van der Waals surface area contributed by atoms with Gasteiger partial charge in [0.1, 0.15) is 5.75 Å². The number of nitrogens with zero attached hydrogens (tertiary/aromatic N) is 3. The van der Waals surface area contributed by atoms with Crippen molar-refractivity contribution in [2.45, 2.75) is 25.7 Å². The summed E-state index contributed by atoms with van der Waals surface area (Å²) in [5, 5.41) is 3.39. The number of carbonyl (C=O) groups excluding carboxylic acids is 1. The summed E-state index contributed by atoms with van der Waals surface area (Å²) in [6, 6.07) is 9.94. The topological polar surface area (TPSA) is 66.9 Å². The number of likely N-dealkylation sites (N-methyl/N-ethyl adjacent to an activating group) is 1. The highest BCUT2D eigenvalue weighted by Crippen LogP contribution is 2.34. The van der Waals surface area contributed by atoms with Crippen molar-refractivity contribution < 1.29 is 14.3 Å². The number of rotatable bonds is 3. The van der Waals surface area contributed by atoms with E-state index in [2.05, 4.69) is 28.3 Å². The molecule has 2 aromatic rings. The van der Waals surface area contributed by atoms with E-state index < -0.39 is 0 Å². The largest absolute Gasteiger partial charge is 0.464 e. The van der Waals surface area contributed by atoms with Gasteiger partial charge in [0.2, 0.25) is 6.29 Å². The zero-order valence-corrected chi connectivity index (χ0v) is 18.0. The standard InChI is InChI=1S/C24H30N4O3/c1-27-10-12-28(13-11-27)23(29)19-2-4-21(26-15-19)18-3-5-22-20(14-18)16-30-24(31-22)17-6-8-25-9-7-17/h2-5,14-15,17,24-25H,6-13,16H2,1H3. The molecule has 1 aromatic heterocycles. The summed E-state index contributed by atoms with van der Waals surface area (Å²) in [7, 11) is 2.08. The normalized spacial score (nSPS) is 22.6. The lowest BCUT2D eigenvalue weighted by atomic mass is 9.96. The summed E-state index contributed by atoms with van der Waals surface area (Å²) in [5.41, 5.74) is 3.54. The average Bonchev–Trinajstić information content (AvgIpc) is 2.84. The lowest BCUT2D eigenvalue weighted by molar-refractivity contribution is -0.145. The third kappa shape index (κ3) is 4.44. The Kier molecular flexibility index (Phi) is 5.89. The Labute approximate surface area is 183 Å². The van der Waals surface area contributed by atoms with E-state index >= 15 is 0 Å². The van der Waals surface area contributed by atoms with Gasteiger partial charge in [0.25, 0.3) is 5.91 Å². The molecule has 1 atom stereocenters. The van der Waals surface area contributed by atoms with E-state index in [4.69, 9.17) is 9.47 Å². The SMILES string of the molecule is CN1CCN(C(=O)c2ccc(-c3ccc4c(c3)COC(C3CCNCC3)O4)nc2)CC1. The highest BCUT2D eigenvalue weighted by atomic mass is 16.7. The van der Waals surface area contributed by atoms with E-state index in [0.29, 0.717) is 18.1 Å². The first-order chi connectivity index (χ1) is 15.2. The molecule has 0 spiro atoms. The number of nitrogens with one attached hydrogen (secondary N) is 1. The Bertz CT molecular complexity index is 919. The van der Waals surface area contributed by atoms with Crippen LogP contribution < -0.4 is 10.1 Å². The molecule has 3 aliphatic heterocycles. The molecule has 1 N–H and O–H groups in total. The van der Waals surface area contributed by atoms with Crippen molar-refractivity contribution in [3.8, 4) is 17.0 Å². The molecule has 5 rings (SSSR count). The van der Waals surface area contributed by atoms with Gasteiger partial charge in [0.05, 0.1) is 17.9 Å². The Balaban J connectivity index is 1.26. The van der Waals surface area contributed by atoms with E-state index in [9.17, 15) is 4.79 Å². The molecule has 0 aliphatic carbocycles. The van der Waals surface area contributed by atoms with Crippen LogP contribution in [0.25, 0.3) is 11.3 Å². The molecule has 1 aromatic carbocycles. The summed E-state index contributed by atoms with van der Waals surface area (Å²) in [5.74, 6) is 1.41. The molecule has 3 aliphatic rings. The maximum absolute atomic E-state index is 12.7. The smallest absolute Gasteiger partial charge is 0.255 e. The van der Waals surface area contributed by atoms with Gasteiger partial charge in [0, 0.05) is 49.4 Å². The molecular formula is C24H30N4O3. The molecule has 7 heteroatoms. The summed E-state index contributed by atoms with van der Waals surface area (Å²) in [6.45, 7) is 5.96. The Hall–Kier alpha value is -2.48. The molecule has 2 fully saturated rings. The van der Waals surface area contributed by atoms with Crippen molar-refractivity contribution >= 4 is 5.91 Å². The third-order valence-corrected chi connectivity index (χ3v) is 6.57. The van der Waals surface area contributed by atoms with Gasteiger partial charge < -0.3 is 24.6 Å². The van der Waals surface area contributed by atoms with Crippen LogP contribution in [-0.4, -0.2) is 73.3 Å². The fourth-order valence-corrected chi connectivity index (χ4v) is 4.53. The molecule has 7 nitrogen and oxygen atoms in total. The molecule has 0 saturated carbocycles. The third-order valence-electron chi connectivity index (χ3n) is 6.57. The maximum Gasteiger partial charge on any atom is 0.255 e. The van der Waals surface area contributed by atoms with E-state index in [1.54, 1.807) is 6.20 Å². The Morgan fingerprint density at radius 3 is 2.65 bits per heavy atom. The summed E-state index contributed by atoms with van der Waals surface area (Å²) in [6.07, 6.45) is 3.70. The number of amides is 1. The van der Waals surface area contributed by atoms with Crippen LogP contribution in [0.2, 0.25) is 0 Å². The van der Waals surface area contributed by atoms with Gasteiger partial charge >= 0.3 is 0 Å². The first-order valence-electron chi connectivity index (χ1n) is 11.2. The number of fused-ring (bicyclic) bond motifs is 1. The van der Waals surface area contributed by atoms with E-state index in [1.165, 1.54) is 0 Å².